The first-order valence-electron chi connectivity index (χ1n) is 11.8. The predicted molar refractivity (Wildman–Crippen MR) is 127 cm³/mol. The van der Waals surface area contributed by atoms with E-state index in [4.69, 9.17) is 14.2 Å². The Morgan fingerprint density at radius 2 is 1.78 bits per heavy atom. The third kappa shape index (κ3) is 6.21. The second kappa shape index (κ2) is 10.2. The van der Waals surface area contributed by atoms with Crippen LogP contribution >= 0.6 is 0 Å². The number of hydrogen-bond acceptors (Lipinski definition) is 6. The molecule has 3 rings (SSSR count). The van der Waals surface area contributed by atoms with Gasteiger partial charge in [-0.15, -0.1) is 0 Å². The number of benzene rings is 1. The molecule has 2 aliphatic heterocycles. The highest BCUT2D eigenvalue weighted by molar-refractivity contribution is 5.83. The Labute approximate surface area is 210 Å². The van der Waals surface area contributed by atoms with E-state index in [-0.39, 0.29) is 25.3 Å². The fourth-order valence-corrected chi connectivity index (χ4v) is 5.06. The molecule has 0 aliphatic carbocycles. The number of halogens is 2. The first-order valence-corrected chi connectivity index (χ1v) is 11.8. The number of carbonyl (C=O) groups is 3. The molecule has 1 aromatic carbocycles. The second-order valence-electron chi connectivity index (χ2n) is 10.7. The summed E-state index contributed by atoms with van der Waals surface area (Å²) in [5.41, 5.74) is -0.837. The second-order valence-corrected chi connectivity index (χ2v) is 10.7. The largest absolute Gasteiger partial charge is 0.466 e. The molecular weight excluding hydrogens is 474 g/mol. The van der Waals surface area contributed by atoms with Gasteiger partial charge in [-0.25, -0.2) is 18.4 Å². The van der Waals surface area contributed by atoms with Crippen LogP contribution in [0.25, 0.3) is 0 Å². The van der Waals surface area contributed by atoms with Gasteiger partial charge in [0.25, 0.3) is 0 Å². The smallest absolute Gasteiger partial charge is 0.410 e. The predicted octanol–water partition coefficient (Wildman–Crippen LogP) is 3.97. The molecule has 0 saturated carbocycles. The van der Waals surface area contributed by atoms with Crippen LogP contribution in [0.3, 0.4) is 0 Å². The molecule has 0 N–H and O–H groups in total. The van der Waals surface area contributed by atoms with Gasteiger partial charge < -0.3 is 19.1 Å². The van der Waals surface area contributed by atoms with Crippen LogP contribution in [0.2, 0.25) is 0 Å². The van der Waals surface area contributed by atoms with E-state index in [0.29, 0.717) is 11.1 Å². The maximum Gasteiger partial charge on any atom is 0.410 e. The fourth-order valence-electron chi connectivity index (χ4n) is 5.06. The molecule has 1 aromatic rings. The molecule has 1 unspecified atom stereocenters. The molecule has 2 saturated heterocycles. The molecular formula is C26H34F2N2O6. The maximum absolute atomic E-state index is 14.0. The topological polar surface area (TPSA) is 85.4 Å². The minimum atomic E-state index is -1.05. The summed E-state index contributed by atoms with van der Waals surface area (Å²) in [5.74, 6) is -2.29. The van der Waals surface area contributed by atoms with E-state index in [1.807, 2.05) is 0 Å². The zero-order valence-corrected chi connectivity index (χ0v) is 21.8. The lowest BCUT2D eigenvalue weighted by molar-refractivity contribution is -0.146. The number of nitrogens with zero attached hydrogens (tertiary/aromatic N) is 2. The van der Waals surface area contributed by atoms with Crippen molar-refractivity contribution < 1.29 is 37.4 Å². The van der Waals surface area contributed by atoms with Crippen molar-refractivity contribution in [1.82, 2.24) is 9.80 Å². The number of carbonyl (C=O) groups excluding carboxylic acids is 3. The summed E-state index contributed by atoms with van der Waals surface area (Å²) in [6, 6.07) is 1.96. The van der Waals surface area contributed by atoms with E-state index in [2.05, 4.69) is 0 Å². The van der Waals surface area contributed by atoms with Crippen molar-refractivity contribution in [3.05, 3.63) is 47.0 Å². The van der Waals surface area contributed by atoms with Crippen LogP contribution in [-0.2, 0) is 30.2 Å². The standard InChI is InChI=1S/C26H34F2N2O6/c1-15(31)30-21(10-16-8-18(27)13-19(28)9-16)23(35-26(30,5)6)20-11-17(12-22(32)34-7)14-29(20)24(33)36-25(2,3)4/h8-9,12-13,20-21,23H,10-11,14H2,1-7H3/t20?,21-,23+/m0/s1. The van der Waals surface area contributed by atoms with E-state index in [9.17, 15) is 23.2 Å². The van der Waals surface area contributed by atoms with Gasteiger partial charge in [-0.1, -0.05) is 0 Å². The third-order valence-corrected chi connectivity index (χ3v) is 6.20. The van der Waals surface area contributed by atoms with Crippen molar-refractivity contribution in [2.24, 2.45) is 0 Å². The van der Waals surface area contributed by atoms with Gasteiger partial charge in [0.05, 0.1) is 19.2 Å². The monoisotopic (exact) mass is 508 g/mol. The average molecular weight is 509 g/mol. The van der Waals surface area contributed by atoms with E-state index in [1.54, 1.807) is 34.6 Å². The molecule has 10 heteroatoms. The summed E-state index contributed by atoms with van der Waals surface area (Å²) in [6.07, 6.45) is 0.369. The summed E-state index contributed by atoms with van der Waals surface area (Å²) < 4.78 is 44.7. The van der Waals surface area contributed by atoms with Crippen molar-refractivity contribution in [1.29, 1.82) is 0 Å². The van der Waals surface area contributed by atoms with Crippen molar-refractivity contribution in [2.45, 2.75) is 83.9 Å². The highest BCUT2D eigenvalue weighted by atomic mass is 19.1. The van der Waals surface area contributed by atoms with E-state index < -0.39 is 53.2 Å². The number of methoxy groups -OCH3 is 1. The Morgan fingerprint density at radius 3 is 2.31 bits per heavy atom. The molecule has 0 radical (unpaired) electrons. The molecule has 0 spiro atoms. The lowest BCUT2D eigenvalue weighted by Gasteiger charge is -2.34. The first-order chi connectivity index (χ1) is 16.6. The highest BCUT2D eigenvalue weighted by Gasteiger charge is 2.54. The summed E-state index contributed by atoms with van der Waals surface area (Å²) in [5, 5.41) is 0. The summed E-state index contributed by atoms with van der Waals surface area (Å²) in [4.78, 5) is 40.9. The van der Waals surface area contributed by atoms with Gasteiger partial charge in [0.15, 0.2) is 0 Å². The molecule has 0 bridgehead atoms. The third-order valence-electron chi connectivity index (χ3n) is 6.20. The number of amides is 2. The molecule has 2 aliphatic rings. The van der Waals surface area contributed by atoms with Crippen LogP contribution in [0.5, 0.6) is 0 Å². The Kier molecular flexibility index (Phi) is 7.78. The molecule has 2 amide bonds. The molecule has 3 atom stereocenters. The van der Waals surface area contributed by atoms with Gasteiger partial charge in [-0.2, -0.15) is 0 Å². The minimum Gasteiger partial charge on any atom is -0.466 e. The molecule has 8 nitrogen and oxygen atoms in total. The zero-order chi connectivity index (χ0) is 27.0. The molecule has 0 aromatic heterocycles. The van der Waals surface area contributed by atoms with Crippen LogP contribution in [0.1, 0.15) is 53.5 Å². The van der Waals surface area contributed by atoms with Crippen molar-refractivity contribution in [3.63, 3.8) is 0 Å². The number of esters is 1. The van der Waals surface area contributed by atoms with Crippen LogP contribution in [0, 0.1) is 11.6 Å². The zero-order valence-electron chi connectivity index (χ0n) is 21.8. The van der Waals surface area contributed by atoms with Gasteiger partial charge in [-0.05, 0) is 70.7 Å². The van der Waals surface area contributed by atoms with Crippen molar-refractivity contribution >= 4 is 18.0 Å². The average Bonchev–Trinajstić information content (AvgIpc) is 3.23. The Balaban J connectivity index is 2.04. The maximum atomic E-state index is 14.0. The van der Waals surface area contributed by atoms with Gasteiger partial charge in [-0.3, -0.25) is 9.69 Å². The number of likely N-dealkylation sites (tertiary alicyclic amines) is 1. The van der Waals surface area contributed by atoms with Crippen LogP contribution in [-0.4, -0.2) is 70.9 Å². The number of hydrogen-bond donors (Lipinski definition) is 0. The Bertz CT molecular complexity index is 1040. The molecule has 2 heterocycles. The van der Waals surface area contributed by atoms with Gasteiger partial charge in [0.2, 0.25) is 5.91 Å². The normalized spacial score (nSPS) is 24.8. The van der Waals surface area contributed by atoms with Gasteiger partial charge >= 0.3 is 12.1 Å². The van der Waals surface area contributed by atoms with Crippen molar-refractivity contribution in [3.8, 4) is 0 Å². The minimum absolute atomic E-state index is 0.0943. The van der Waals surface area contributed by atoms with E-state index in [0.717, 1.165) is 6.07 Å². The van der Waals surface area contributed by atoms with Crippen LogP contribution in [0.4, 0.5) is 13.6 Å². The summed E-state index contributed by atoms with van der Waals surface area (Å²) in [6.45, 7) is 10.2. The van der Waals surface area contributed by atoms with Crippen LogP contribution < -0.4 is 0 Å². The molecule has 2 fully saturated rings. The van der Waals surface area contributed by atoms with Crippen LogP contribution in [0.15, 0.2) is 29.8 Å². The first kappa shape index (κ1) is 27.6. The summed E-state index contributed by atoms with van der Waals surface area (Å²) >= 11 is 0. The van der Waals surface area contributed by atoms with Gasteiger partial charge in [0, 0.05) is 25.6 Å². The summed E-state index contributed by atoms with van der Waals surface area (Å²) in [7, 11) is 1.26. The quantitative estimate of drug-likeness (QED) is 0.452. The highest BCUT2D eigenvalue weighted by Crippen LogP contribution is 2.40. The number of ether oxygens (including phenoxy) is 3. The Hall–Kier alpha value is -3.01. The fraction of sp³-hybridized carbons (Fsp3) is 0.577. The Morgan fingerprint density at radius 1 is 1.17 bits per heavy atom. The lowest BCUT2D eigenvalue weighted by Crippen LogP contribution is -2.52. The van der Waals surface area contributed by atoms with E-state index in [1.165, 1.54) is 42.0 Å². The number of rotatable bonds is 4. The van der Waals surface area contributed by atoms with E-state index >= 15 is 0 Å². The lowest BCUT2D eigenvalue weighted by atomic mass is 9.93. The van der Waals surface area contributed by atoms with Gasteiger partial charge in [0.1, 0.15) is 29.1 Å². The van der Waals surface area contributed by atoms with Crippen molar-refractivity contribution in [2.75, 3.05) is 13.7 Å². The SMILES string of the molecule is COC(=O)C=C1CC([C@H]2OC(C)(C)N(C(C)=O)[C@H]2Cc2cc(F)cc(F)c2)N(C(=O)OC(C)(C)C)C1. The molecule has 198 valence electrons. The molecule has 36 heavy (non-hydrogen) atoms.